The van der Waals surface area contributed by atoms with E-state index >= 15 is 0 Å². The van der Waals surface area contributed by atoms with Crippen molar-refractivity contribution in [1.29, 1.82) is 0 Å². The van der Waals surface area contributed by atoms with E-state index in [1.54, 1.807) is 90.1 Å². The number of isocyanates is 1. The highest BCUT2D eigenvalue weighted by atomic mass is 35.5. The average molecular weight is 864 g/mol. The summed E-state index contributed by atoms with van der Waals surface area (Å²) in [6.07, 6.45) is 0.966. The predicted molar refractivity (Wildman–Crippen MR) is 217 cm³/mol. The Labute approximate surface area is 347 Å². The Kier molecular flexibility index (Phi) is 14.4. The molecule has 4 N–H and O–H groups in total. The largest absolute Gasteiger partial charge is 0.444 e. The van der Waals surface area contributed by atoms with Gasteiger partial charge in [-0.15, -0.1) is 6.58 Å². The first kappa shape index (κ1) is 45.7. The molecular weight excluding hydrogens is 815 g/mol. The number of anilines is 1. The van der Waals surface area contributed by atoms with Gasteiger partial charge in [-0.2, -0.15) is 4.99 Å². The molecule has 5 atom stereocenters. The lowest BCUT2D eigenvalue weighted by Crippen LogP contribution is -2.60. The zero-order chi connectivity index (χ0) is 43.2. The minimum Gasteiger partial charge on any atom is -0.444 e. The summed E-state index contributed by atoms with van der Waals surface area (Å²) in [5.74, 6) is -2.88. The number of benzene rings is 2. The second-order valence-corrected chi connectivity index (χ2v) is 18.9. The molecule has 314 valence electrons. The number of halogens is 2. The van der Waals surface area contributed by atoms with Crippen LogP contribution in [0.3, 0.4) is 0 Å². The van der Waals surface area contributed by atoms with Crippen molar-refractivity contribution in [1.82, 2.24) is 20.3 Å². The molecule has 2 aliphatic carbocycles. The summed E-state index contributed by atoms with van der Waals surface area (Å²) < 4.78 is 38.2. The molecule has 19 heteroatoms. The second-order valence-electron chi connectivity index (χ2n) is 16.2. The van der Waals surface area contributed by atoms with E-state index in [-0.39, 0.29) is 30.1 Å². The van der Waals surface area contributed by atoms with Crippen LogP contribution in [0.15, 0.2) is 66.2 Å². The first-order valence-corrected chi connectivity index (χ1v) is 20.7. The van der Waals surface area contributed by atoms with Gasteiger partial charge >= 0.3 is 12.2 Å². The number of hydrogen-bond acceptors (Lipinski definition) is 11. The maximum atomic E-state index is 14.2. The lowest BCUT2D eigenvalue weighted by atomic mass is 9.85. The fourth-order valence-electron chi connectivity index (χ4n) is 6.08. The number of amides is 5. The van der Waals surface area contributed by atoms with Crippen LogP contribution in [0.25, 0.3) is 0 Å². The number of sulfonamides is 1. The monoisotopic (exact) mass is 862 g/mol. The SMILES string of the molecule is C=CC1C[C@]1(NC(=O)[C@@H]1C[C@@H](OC(=O)Nc2ccccc2Cl)CN1C(=O)[C@@H](NC(=O)OC(C)(C)C)C(C)(C)C)C(=O)NS(=O)(=O)C1CC1.O=C=Nc1ccccc1Cl. The number of nitrogens with zero attached hydrogens (tertiary/aromatic N) is 2. The Balaban J connectivity index is 0.000000648. The van der Waals surface area contributed by atoms with Crippen molar-refractivity contribution >= 4 is 80.6 Å². The fraction of sp³-hybridized carbons (Fsp3) is 0.487. The predicted octanol–water partition coefficient (Wildman–Crippen LogP) is 5.77. The molecule has 0 bridgehead atoms. The van der Waals surface area contributed by atoms with Crippen molar-refractivity contribution in [2.75, 3.05) is 11.9 Å². The smallest absolute Gasteiger partial charge is 0.412 e. The molecule has 2 aromatic rings. The summed E-state index contributed by atoms with van der Waals surface area (Å²) in [5, 5.41) is 7.91. The summed E-state index contributed by atoms with van der Waals surface area (Å²) in [5.41, 5.74) is -2.57. The zero-order valence-electron chi connectivity index (χ0n) is 33.0. The first-order valence-electron chi connectivity index (χ1n) is 18.4. The summed E-state index contributed by atoms with van der Waals surface area (Å²) in [7, 11) is -3.92. The lowest BCUT2D eigenvalue weighted by molar-refractivity contribution is -0.143. The van der Waals surface area contributed by atoms with Crippen LogP contribution in [0.4, 0.5) is 21.0 Å². The maximum Gasteiger partial charge on any atom is 0.412 e. The number of carbonyl (C=O) groups is 5. The van der Waals surface area contributed by atoms with Gasteiger partial charge in [0.05, 0.1) is 33.2 Å². The van der Waals surface area contributed by atoms with Crippen LogP contribution >= 0.6 is 23.2 Å². The molecule has 0 aromatic heterocycles. The van der Waals surface area contributed by atoms with Gasteiger partial charge in [-0.05, 0) is 69.7 Å². The van der Waals surface area contributed by atoms with Crippen molar-refractivity contribution in [3.8, 4) is 0 Å². The molecule has 3 aliphatic rings. The normalized spacial score (nSPS) is 21.7. The van der Waals surface area contributed by atoms with Crippen molar-refractivity contribution in [3.63, 3.8) is 0 Å². The molecule has 5 amide bonds. The Morgan fingerprint density at radius 2 is 1.60 bits per heavy atom. The third kappa shape index (κ3) is 12.0. The van der Waals surface area contributed by atoms with Gasteiger partial charge in [0.15, 0.2) is 0 Å². The molecule has 0 radical (unpaired) electrons. The number of para-hydroxylation sites is 2. The standard InChI is InChI=1S/C32H44ClN5O9S.C7H4ClNO/c1-8-18-16-32(18,27(41)37-48(44,45)20-13-14-20)36-25(39)23-15-19(46-28(42)34-22-12-10-9-11-21(22)33)17-38(23)26(40)24(30(2,3)4)35-29(43)47-31(5,6)7;8-6-3-1-2-4-7(6)9-5-10/h8-12,18-20,23-24H,1,13-17H2,2-7H3,(H,34,42)(H,35,43)(H,36,39)(H,37,41);1-4H/t18?,19-,23+,24-,32-;/m1./s1. The van der Waals surface area contributed by atoms with Crippen LogP contribution in [-0.2, 0) is 38.7 Å². The number of aliphatic imine (C=N–C) groups is 1. The van der Waals surface area contributed by atoms with E-state index in [4.69, 9.17) is 32.7 Å². The number of rotatable bonds is 11. The van der Waals surface area contributed by atoms with Gasteiger partial charge in [0, 0.05) is 12.3 Å². The van der Waals surface area contributed by atoms with Crippen molar-refractivity contribution in [2.45, 2.75) is 102 Å². The van der Waals surface area contributed by atoms with Crippen LogP contribution in [0.5, 0.6) is 0 Å². The van der Waals surface area contributed by atoms with E-state index in [2.05, 4.69) is 32.2 Å². The van der Waals surface area contributed by atoms with Crippen LogP contribution in [0, 0.1) is 11.3 Å². The average Bonchev–Trinajstić information content (AvgIpc) is 4.05. The number of hydrogen-bond donors (Lipinski definition) is 4. The van der Waals surface area contributed by atoms with Crippen LogP contribution in [0.1, 0.15) is 67.2 Å². The van der Waals surface area contributed by atoms with Crippen molar-refractivity contribution < 1.29 is 46.7 Å². The number of likely N-dealkylation sites (tertiary alicyclic amines) is 1. The summed E-state index contributed by atoms with van der Waals surface area (Å²) >= 11 is 11.8. The third-order valence-electron chi connectivity index (χ3n) is 9.27. The topological polar surface area (TPSA) is 219 Å². The number of alkyl carbamates (subject to hydrolysis) is 1. The molecule has 1 saturated heterocycles. The molecule has 58 heavy (non-hydrogen) atoms. The minimum atomic E-state index is -3.92. The maximum absolute atomic E-state index is 14.2. The minimum absolute atomic E-state index is 0.0971. The van der Waals surface area contributed by atoms with Crippen molar-refractivity contribution in [2.24, 2.45) is 16.3 Å². The highest BCUT2D eigenvalue weighted by molar-refractivity contribution is 7.91. The van der Waals surface area contributed by atoms with E-state index < -0.39 is 85.8 Å². The van der Waals surface area contributed by atoms with E-state index in [0.717, 1.165) is 0 Å². The van der Waals surface area contributed by atoms with Gasteiger partial charge in [-0.3, -0.25) is 24.4 Å². The van der Waals surface area contributed by atoms with E-state index in [9.17, 15) is 37.2 Å². The highest BCUT2D eigenvalue weighted by Crippen LogP contribution is 2.45. The molecule has 0 spiro atoms. The van der Waals surface area contributed by atoms with E-state index in [1.807, 2.05) is 0 Å². The Morgan fingerprint density at radius 3 is 2.14 bits per heavy atom. The van der Waals surface area contributed by atoms with Gasteiger partial charge < -0.3 is 25.0 Å². The zero-order valence-corrected chi connectivity index (χ0v) is 35.3. The number of ether oxygens (including phenoxy) is 2. The molecule has 1 unspecified atom stereocenters. The summed E-state index contributed by atoms with van der Waals surface area (Å²) in [6, 6.07) is 10.9. The molecular formula is C39H48Cl2N6O10S. The Morgan fingerprint density at radius 1 is 0.983 bits per heavy atom. The molecule has 5 rings (SSSR count). The number of carbonyl (C=O) groups excluding carboxylic acids is 6. The molecule has 1 aliphatic heterocycles. The van der Waals surface area contributed by atoms with Crippen LogP contribution < -0.4 is 20.7 Å². The highest BCUT2D eigenvalue weighted by Gasteiger charge is 2.62. The molecule has 1 heterocycles. The number of nitrogens with one attached hydrogen (secondary N) is 4. The van der Waals surface area contributed by atoms with E-state index in [1.165, 1.54) is 17.1 Å². The summed E-state index contributed by atoms with van der Waals surface area (Å²) in [4.78, 5) is 81.5. The molecule has 2 saturated carbocycles. The van der Waals surface area contributed by atoms with Gasteiger partial charge in [0.2, 0.25) is 27.9 Å². The fourth-order valence-corrected chi connectivity index (χ4v) is 7.80. The second kappa shape index (κ2) is 18.3. The van der Waals surface area contributed by atoms with Gasteiger partial charge in [0.1, 0.15) is 29.3 Å². The quantitative estimate of drug-likeness (QED) is 0.121. The van der Waals surface area contributed by atoms with Gasteiger partial charge in [-0.25, -0.2) is 22.8 Å². The molecule has 2 aromatic carbocycles. The Hall–Kier alpha value is -4.96. The van der Waals surface area contributed by atoms with Gasteiger partial charge in [-0.1, -0.05) is 74.3 Å². The summed E-state index contributed by atoms with van der Waals surface area (Å²) in [6.45, 7) is 13.7. The van der Waals surface area contributed by atoms with Crippen LogP contribution in [-0.4, -0.2) is 90.4 Å². The third-order valence-corrected chi connectivity index (χ3v) is 11.7. The first-order chi connectivity index (χ1) is 27.0. The van der Waals surface area contributed by atoms with E-state index in [0.29, 0.717) is 23.6 Å². The molecule has 16 nitrogen and oxygen atoms in total. The van der Waals surface area contributed by atoms with Crippen LogP contribution in [0.2, 0.25) is 10.0 Å². The lowest BCUT2D eigenvalue weighted by Gasteiger charge is -2.36. The molecule has 3 fully saturated rings. The van der Waals surface area contributed by atoms with Crippen molar-refractivity contribution in [3.05, 3.63) is 71.2 Å². The van der Waals surface area contributed by atoms with Gasteiger partial charge in [0.25, 0.3) is 5.91 Å². The Bertz CT molecular complexity index is 2080.